The maximum absolute atomic E-state index is 13.6. The van der Waals surface area contributed by atoms with E-state index in [1.165, 1.54) is 12.3 Å². The van der Waals surface area contributed by atoms with Crippen molar-refractivity contribution < 1.29 is 39.2 Å². The van der Waals surface area contributed by atoms with Crippen LogP contribution in [-0.2, 0) is 27.3 Å². The number of furan rings is 1. The Bertz CT molecular complexity index is 1370. The number of Topliss-reactive ketones (excluding diaryl/α,β-unsaturated/α-hetero) is 2. The zero-order valence-corrected chi connectivity index (χ0v) is 18.8. The van der Waals surface area contributed by atoms with Gasteiger partial charge in [-0.25, -0.2) is 0 Å². The Kier molecular flexibility index (Phi) is 5.11. The fourth-order valence-corrected chi connectivity index (χ4v) is 5.74. The largest absolute Gasteiger partial charge is 0.508 e. The number of hydrogen-bond donors (Lipinski definition) is 6. The minimum Gasteiger partial charge on any atom is -0.508 e. The molecule has 0 aliphatic heterocycles. The highest BCUT2D eigenvalue weighted by atomic mass is 16.3. The summed E-state index contributed by atoms with van der Waals surface area (Å²) in [6.07, 6.45) is 1.45. The van der Waals surface area contributed by atoms with Crippen LogP contribution in [0.4, 0.5) is 0 Å². The molecule has 35 heavy (non-hydrogen) atoms. The lowest BCUT2D eigenvalue weighted by atomic mass is 9.59. The van der Waals surface area contributed by atoms with Crippen LogP contribution in [0, 0.1) is 11.8 Å². The standard InChI is InChI=1S/C25H24N2O8/c1-27-9-10-4-5-35-21(10)13-2-3-15(28)18-14(13)7-11-6-12-8-16(29)19(24(26)33)23(32)25(12,34)22(31)17(11)20(18)30/h2-5,11-12,27-28,30,32,34H,6-9H2,1H3,(H2,26,33)/t11?,12-,25-/m0/s1. The van der Waals surface area contributed by atoms with Crippen LogP contribution in [0.15, 0.2) is 45.8 Å². The van der Waals surface area contributed by atoms with Crippen molar-refractivity contribution in [2.45, 2.75) is 31.4 Å². The molecule has 1 aromatic heterocycles. The molecule has 10 nitrogen and oxygen atoms in total. The number of aliphatic hydroxyl groups excluding tert-OH is 2. The molecular weight excluding hydrogens is 456 g/mol. The topological polar surface area (TPSA) is 183 Å². The average molecular weight is 480 g/mol. The Hall–Kier alpha value is -3.89. The number of benzene rings is 1. The molecule has 0 saturated heterocycles. The van der Waals surface area contributed by atoms with Gasteiger partial charge in [0.25, 0.3) is 5.91 Å². The Balaban J connectivity index is 1.70. The monoisotopic (exact) mass is 480 g/mol. The number of phenols is 1. The van der Waals surface area contributed by atoms with Crippen LogP contribution < -0.4 is 11.1 Å². The van der Waals surface area contributed by atoms with E-state index in [9.17, 15) is 34.8 Å². The highest BCUT2D eigenvalue weighted by Gasteiger charge is 2.60. The van der Waals surface area contributed by atoms with Gasteiger partial charge >= 0.3 is 0 Å². The van der Waals surface area contributed by atoms with Gasteiger partial charge in [0, 0.05) is 35.6 Å². The summed E-state index contributed by atoms with van der Waals surface area (Å²) in [6, 6.07) is 4.85. The van der Waals surface area contributed by atoms with Crippen LogP contribution in [0.3, 0.4) is 0 Å². The van der Waals surface area contributed by atoms with E-state index in [-0.39, 0.29) is 36.1 Å². The molecular formula is C25H24N2O8. The quantitative estimate of drug-likeness (QED) is 0.352. The second kappa shape index (κ2) is 7.82. The summed E-state index contributed by atoms with van der Waals surface area (Å²) in [5.41, 5.74) is 3.71. The Labute approximate surface area is 199 Å². The molecule has 0 radical (unpaired) electrons. The Morgan fingerprint density at radius 3 is 2.63 bits per heavy atom. The number of carbonyl (C=O) groups is 3. The molecule has 1 aromatic carbocycles. The molecule has 2 aromatic rings. The zero-order chi connectivity index (χ0) is 25.2. The first kappa shape index (κ1) is 22.9. The molecule has 3 aliphatic rings. The van der Waals surface area contributed by atoms with Gasteiger partial charge in [-0.1, -0.05) is 0 Å². The molecule has 3 atom stereocenters. The molecule has 0 bridgehead atoms. The van der Waals surface area contributed by atoms with Crippen LogP contribution >= 0.6 is 0 Å². The van der Waals surface area contributed by atoms with Crippen molar-refractivity contribution in [1.29, 1.82) is 0 Å². The van der Waals surface area contributed by atoms with Crippen molar-refractivity contribution in [3.05, 3.63) is 58.1 Å². The third-order valence-corrected chi connectivity index (χ3v) is 7.31. The van der Waals surface area contributed by atoms with Crippen LogP contribution in [0.25, 0.3) is 17.1 Å². The molecule has 10 heteroatoms. The second-order valence-corrected chi connectivity index (χ2v) is 9.20. The van der Waals surface area contributed by atoms with Gasteiger partial charge in [0.1, 0.15) is 28.6 Å². The average Bonchev–Trinajstić information content (AvgIpc) is 3.24. The molecule has 1 amide bonds. The zero-order valence-electron chi connectivity index (χ0n) is 18.8. The molecule has 1 unspecified atom stereocenters. The van der Waals surface area contributed by atoms with E-state index >= 15 is 0 Å². The van der Waals surface area contributed by atoms with Crippen LogP contribution in [-0.4, -0.2) is 50.5 Å². The molecule has 3 aliphatic carbocycles. The summed E-state index contributed by atoms with van der Waals surface area (Å²) in [4.78, 5) is 37.8. The van der Waals surface area contributed by atoms with Gasteiger partial charge in [0.15, 0.2) is 11.4 Å². The van der Waals surface area contributed by atoms with Crippen molar-refractivity contribution >= 4 is 23.2 Å². The number of ketones is 2. The number of primary amides is 1. The first-order valence-corrected chi connectivity index (χ1v) is 11.1. The molecule has 1 heterocycles. The Morgan fingerprint density at radius 1 is 1.20 bits per heavy atom. The number of phenolic OH excluding ortho intramolecular Hbond substituents is 1. The fraction of sp³-hybridized carbons (Fsp3) is 0.320. The van der Waals surface area contributed by atoms with E-state index in [4.69, 9.17) is 10.2 Å². The highest BCUT2D eigenvalue weighted by Crippen LogP contribution is 2.53. The molecule has 1 fully saturated rings. The minimum absolute atomic E-state index is 0.0291. The lowest BCUT2D eigenvalue weighted by Crippen LogP contribution is -2.58. The van der Waals surface area contributed by atoms with Crippen LogP contribution in [0.2, 0.25) is 0 Å². The van der Waals surface area contributed by atoms with Gasteiger partial charge in [-0.15, -0.1) is 0 Å². The maximum Gasteiger partial charge on any atom is 0.255 e. The number of nitrogens with one attached hydrogen (secondary N) is 1. The van der Waals surface area contributed by atoms with Crippen molar-refractivity contribution in [2.75, 3.05) is 7.05 Å². The lowest BCUT2D eigenvalue weighted by molar-refractivity contribution is -0.147. The molecule has 7 N–H and O–H groups in total. The minimum atomic E-state index is -2.58. The summed E-state index contributed by atoms with van der Waals surface area (Å²) in [5.74, 6) is -6.00. The van der Waals surface area contributed by atoms with Crippen molar-refractivity contribution in [3.63, 3.8) is 0 Å². The van der Waals surface area contributed by atoms with Crippen molar-refractivity contribution in [1.82, 2.24) is 5.32 Å². The smallest absolute Gasteiger partial charge is 0.255 e. The number of nitrogens with two attached hydrogens (primary N) is 1. The SMILES string of the molecule is CNCc1ccoc1-c1ccc(O)c2c1CC1C[C@H]3CC(=O)C(C(N)=O)=C(O)[C@@]3(O)C(=O)C1=C2O. The summed E-state index contributed by atoms with van der Waals surface area (Å²) < 4.78 is 5.71. The van der Waals surface area contributed by atoms with E-state index in [0.717, 1.165) is 5.56 Å². The predicted octanol–water partition coefficient (Wildman–Crippen LogP) is 1.40. The van der Waals surface area contributed by atoms with E-state index in [1.54, 1.807) is 19.2 Å². The third-order valence-electron chi connectivity index (χ3n) is 7.31. The third kappa shape index (κ3) is 3.06. The molecule has 1 saturated carbocycles. The summed E-state index contributed by atoms with van der Waals surface area (Å²) in [7, 11) is 1.79. The van der Waals surface area contributed by atoms with Gasteiger partial charge in [0.05, 0.1) is 11.8 Å². The molecule has 182 valence electrons. The second-order valence-electron chi connectivity index (χ2n) is 9.20. The number of fused-ring (bicyclic) bond motifs is 3. The van der Waals surface area contributed by atoms with Gasteiger partial charge in [-0.05, 0) is 49.6 Å². The maximum atomic E-state index is 13.6. The lowest BCUT2D eigenvalue weighted by Gasteiger charge is -2.46. The summed E-state index contributed by atoms with van der Waals surface area (Å²) >= 11 is 0. The first-order chi connectivity index (χ1) is 16.6. The number of amides is 1. The summed E-state index contributed by atoms with van der Waals surface area (Å²) in [5, 5.41) is 46.8. The normalized spacial score (nSPS) is 25.9. The number of carbonyl (C=O) groups excluding carboxylic acids is 3. The van der Waals surface area contributed by atoms with Gasteiger partial charge < -0.3 is 35.9 Å². The van der Waals surface area contributed by atoms with Gasteiger partial charge in [-0.3, -0.25) is 14.4 Å². The van der Waals surface area contributed by atoms with Crippen molar-refractivity contribution in [3.8, 4) is 17.1 Å². The van der Waals surface area contributed by atoms with E-state index in [2.05, 4.69) is 5.32 Å². The van der Waals surface area contributed by atoms with E-state index in [0.29, 0.717) is 23.4 Å². The summed E-state index contributed by atoms with van der Waals surface area (Å²) in [6.45, 7) is 0.515. The first-order valence-electron chi connectivity index (χ1n) is 11.1. The van der Waals surface area contributed by atoms with Crippen LogP contribution in [0.1, 0.15) is 29.5 Å². The number of rotatable bonds is 4. The van der Waals surface area contributed by atoms with E-state index in [1.807, 2.05) is 0 Å². The van der Waals surface area contributed by atoms with Gasteiger partial charge in [-0.2, -0.15) is 0 Å². The predicted molar refractivity (Wildman–Crippen MR) is 122 cm³/mol. The van der Waals surface area contributed by atoms with Crippen molar-refractivity contribution in [2.24, 2.45) is 17.6 Å². The Morgan fingerprint density at radius 2 is 1.94 bits per heavy atom. The number of aliphatic hydroxyl groups is 3. The van der Waals surface area contributed by atoms with Crippen LogP contribution in [0.5, 0.6) is 5.75 Å². The number of aromatic hydroxyl groups is 1. The molecule has 0 spiro atoms. The fourth-order valence-electron chi connectivity index (χ4n) is 5.74. The van der Waals surface area contributed by atoms with E-state index < -0.39 is 52.0 Å². The molecule has 5 rings (SSSR count). The van der Waals surface area contributed by atoms with Gasteiger partial charge in [0.2, 0.25) is 5.78 Å². The number of hydrogen-bond acceptors (Lipinski definition) is 9. The highest BCUT2D eigenvalue weighted by molar-refractivity contribution is 6.22.